The van der Waals surface area contributed by atoms with Gasteiger partial charge in [0.25, 0.3) is 0 Å². The number of rotatable bonds is 1. The van der Waals surface area contributed by atoms with Crippen LogP contribution in [0.4, 0.5) is 0 Å². The van der Waals surface area contributed by atoms with Crippen LogP contribution in [-0.4, -0.2) is 26.1 Å². The number of fused-ring (bicyclic) bond motifs is 1. The molecule has 2 aromatic rings. The van der Waals surface area contributed by atoms with E-state index in [1.807, 2.05) is 0 Å². The molecule has 0 aliphatic carbocycles. The third kappa shape index (κ3) is 1.57. The first kappa shape index (κ1) is 9.95. The normalized spacial score (nSPS) is 20.6. The van der Waals surface area contributed by atoms with E-state index in [4.69, 9.17) is 0 Å². The van der Waals surface area contributed by atoms with E-state index in [0.717, 1.165) is 12.1 Å². The van der Waals surface area contributed by atoms with Gasteiger partial charge in [-0.2, -0.15) is 5.10 Å². The Morgan fingerprint density at radius 3 is 3.00 bits per heavy atom. The molecule has 1 atom stereocenters. The molecule has 1 fully saturated rings. The maximum atomic E-state index is 11.9. The lowest BCUT2D eigenvalue weighted by atomic mass is 9.93. The summed E-state index contributed by atoms with van der Waals surface area (Å²) in [5.74, 6) is -0.341. The number of nitrogens with one attached hydrogen (secondary N) is 2. The first-order chi connectivity index (χ1) is 8.25. The Morgan fingerprint density at radius 2 is 2.18 bits per heavy atom. The first-order valence-electron chi connectivity index (χ1n) is 5.39. The highest BCUT2D eigenvalue weighted by Gasteiger charge is 2.29. The fourth-order valence-corrected chi connectivity index (χ4v) is 2.05. The molecule has 1 saturated heterocycles. The number of aromatic amines is 1. The zero-order chi connectivity index (χ0) is 11.8. The summed E-state index contributed by atoms with van der Waals surface area (Å²) in [6.07, 6.45) is 4.67. The Balaban J connectivity index is 2.04. The molecular formula is C11H11N5O. The van der Waals surface area contributed by atoms with E-state index in [-0.39, 0.29) is 11.8 Å². The number of aromatic nitrogens is 4. The van der Waals surface area contributed by atoms with Crippen molar-refractivity contribution in [3.8, 4) is 0 Å². The minimum atomic E-state index is -0.272. The molecule has 0 radical (unpaired) electrons. The van der Waals surface area contributed by atoms with Gasteiger partial charge in [0, 0.05) is 18.1 Å². The summed E-state index contributed by atoms with van der Waals surface area (Å²) in [5, 5.41) is 9.69. The molecule has 0 saturated carbocycles. The Bertz CT molecular complexity index is 603. The molecule has 3 heterocycles. The maximum Gasteiger partial charge on any atom is 0.233 e. The van der Waals surface area contributed by atoms with Crippen LogP contribution in [0.2, 0.25) is 0 Å². The number of hydrogen-bond acceptors (Lipinski definition) is 4. The molecule has 3 rings (SSSR count). The van der Waals surface area contributed by atoms with Crippen molar-refractivity contribution in [2.24, 2.45) is 0 Å². The van der Waals surface area contributed by atoms with E-state index < -0.39 is 0 Å². The van der Waals surface area contributed by atoms with E-state index in [2.05, 4.69) is 32.1 Å². The number of hydrogen-bond donors (Lipinski definition) is 2. The third-order valence-electron chi connectivity index (χ3n) is 2.90. The topological polar surface area (TPSA) is 83.6 Å². The van der Waals surface area contributed by atoms with Crippen molar-refractivity contribution in [1.29, 1.82) is 0 Å². The average molecular weight is 229 g/mol. The van der Waals surface area contributed by atoms with Crippen LogP contribution in [0.25, 0.3) is 11.2 Å². The molecule has 0 bridgehead atoms. The predicted octanol–water partition coefficient (Wildman–Crippen LogP) is 0.860. The second kappa shape index (κ2) is 3.65. The molecule has 6 heteroatoms. The van der Waals surface area contributed by atoms with Gasteiger partial charge in [0.1, 0.15) is 11.2 Å². The van der Waals surface area contributed by atoms with E-state index in [0.29, 0.717) is 23.3 Å². The van der Waals surface area contributed by atoms with E-state index in [9.17, 15) is 4.79 Å². The summed E-state index contributed by atoms with van der Waals surface area (Å²) < 4.78 is 0. The van der Waals surface area contributed by atoms with E-state index >= 15 is 0 Å². The molecular weight excluding hydrogens is 218 g/mol. The summed E-state index contributed by atoms with van der Waals surface area (Å²) in [7, 11) is 0. The Hall–Kier alpha value is -2.24. The molecule has 2 aromatic heterocycles. The van der Waals surface area contributed by atoms with Crippen molar-refractivity contribution in [3.05, 3.63) is 30.4 Å². The number of nitrogens with zero attached hydrogens (tertiary/aromatic N) is 3. The standard InChI is InChI=1S/C11H11N5O/c1-6-2-3-7(11(17)14-6)8-9-10(16-15-8)13-5-4-12-9/h4-5,7H,1-3H2,(H,14,17)(H,13,15,16). The second-order valence-electron chi connectivity index (χ2n) is 4.05. The van der Waals surface area contributed by atoms with Crippen LogP contribution in [0.15, 0.2) is 24.7 Å². The van der Waals surface area contributed by atoms with Gasteiger partial charge in [0.2, 0.25) is 5.91 Å². The predicted molar refractivity (Wildman–Crippen MR) is 60.9 cm³/mol. The zero-order valence-corrected chi connectivity index (χ0v) is 9.10. The fraction of sp³-hybridized carbons (Fsp3) is 0.273. The summed E-state index contributed by atoms with van der Waals surface area (Å²) in [6.45, 7) is 3.75. The molecule has 2 N–H and O–H groups in total. The number of allylic oxidation sites excluding steroid dienone is 1. The van der Waals surface area contributed by atoms with Crippen molar-refractivity contribution in [2.45, 2.75) is 18.8 Å². The minimum absolute atomic E-state index is 0.0692. The number of carbonyl (C=O) groups is 1. The number of carbonyl (C=O) groups excluding carboxylic acids is 1. The lowest BCUT2D eigenvalue weighted by Gasteiger charge is -2.21. The van der Waals surface area contributed by atoms with Crippen LogP contribution in [0.3, 0.4) is 0 Å². The molecule has 6 nitrogen and oxygen atoms in total. The molecule has 1 amide bonds. The lowest BCUT2D eigenvalue weighted by molar-refractivity contribution is -0.122. The largest absolute Gasteiger partial charge is 0.330 e. The Morgan fingerprint density at radius 1 is 1.35 bits per heavy atom. The molecule has 1 unspecified atom stereocenters. The molecule has 17 heavy (non-hydrogen) atoms. The highest BCUT2D eigenvalue weighted by atomic mass is 16.2. The fourth-order valence-electron chi connectivity index (χ4n) is 2.05. The third-order valence-corrected chi connectivity index (χ3v) is 2.90. The summed E-state index contributed by atoms with van der Waals surface area (Å²) in [4.78, 5) is 20.2. The lowest BCUT2D eigenvalue weighted by Crippen LogP contribution is -2.33. The van der Waals surface area contributed by atoms with Crippen LogP contribution in [0.5, 0.6) is 0 Å². The van der Waals surface area contributed by atoms with Gasteiger partial charge in [-0.15, -0.1) is 0 Å². The molecule has 1 aliphatic rings. The van der Waals surface area contributed by atoms with E-state index in [1.165, 1.54) is 0 Å². The van der Waals surface area contributed by atoms with Gasteiger partial charge in [0.15, 0.2) is 5.65 Å². The molecule has 1 aliphatic heterocycles. The monoisotopic (exact) mass is 229 g/mol. The maximum absolute atomic E-state index is 11.9. The molecule has 0 spiro atoms. The highest BCUT2D eigenvalue weighted by Crippen LogP contribution is 2.28. The van der Waals surface area contributed by atoms with Gasteiger partial charge in [-0.25, -0.2) is 9.97 Å². The molecule has 0 aromatic carbocycles. The number of amides is 1. The SMILES string of the molecule is C=C1CCC(c2n[nH]c3nccnc23)C(=O)N1. The molecule has 86 valence electrons. The van der Waals surface area contributed by atoms with Gasteiger partial charge in [-0.3, -0.25) is 9.89 Å². The van der Waals surface area contributed by atoms with Crippen LogP contribution < -0.4 is 5.32 Å². The van der Waals surface area contributed by atoms with Crippen molar-refractivity contribution < 1.29 is 4.79 Å². The van der Waals surface area contributed by atoms with E-state index in [1.54, 1.807) is 12.4 Å². The van der Waals surface area contributed by atoms with Crippen LogP contribution >= 0.6 is 0 Å². The average Bonchev–Trinajstić information content (AvgIpc) is 2.73. The van der Waals surface area contributed by atoms with Crippen molar-refractivity contribution in [2.75, 3.05) is 0 Å². The van der Waals surface area contributed by atoms with Crippen LogP contribution in [-0.2, 0) is 4.79 Å². The highest BCUT2D eigenvalue weighted by molar-refractivity contribution is 5.89. The summed E-state index contributed by atoms with van der Waals surface area (Å²) in [6, 6.07) is 0. The summed E-state index contributed by atoms with van der Waals surface area (Å²) in [5.41, 5.74) is 2.70. The van der Waals surface area contributed by atoms with Crippen molar-refractivity contribution >= 4 is 17.1 Å². The summed E-state index contributed by atoms with van der Waals surface area (Å²) >= 11 is 0. The Labute approximate surface area is 97.2 Å². The minimum Gasteiger partial charge on any atom is -0.330 e. The van der Waals surface area contributed by atoms with Gasteiger partial charge >= 0.3 is 0 Å². The van der Waals surface area contributed by atoms with Gasteiger partial charge in [-0.1, -0.05) is 6.58 Å². The number of H-pyrrole nitrogens is 1. The zero-order valence-electron chi connectivity index (χ0n) is 9.10. The first-order valence-corrected chi connectivity index (χ1v) is 5.39. The Kier molecular flexibility index (Phi) is 2.14. The van der Waals surface area contributed by atoms with Gasteiger partial charge in [0.05, 0.1) is 5.92 Å². The van der Waals surface area contributed by atoms with Gasteiger partial charge in [-0.05, 0) is 12.8 Å². The quantitative estimate of drug-likeness (QED) is 0.759. The second-order valence-corrected chi connectivity index (χ2v) is 4.05. The number of piperidine rings is 1. The van der Waals surface area contributed by atoms with Gasteiger partial charge < -0.3 is 5.32 Å². The van der Waals surface area contributed by atoms with Crippen LogP contribution in [0.1, 0.15) is 24.5 Å². The van der Waals surface area contributed by atoms with Crippen LogP contribution in [0, 0.1) is 0 Å². The van der Waals surface area contributed by atoms with Crippen molar-refractivity contribution in [3.63, 3.8) is 0 Å². The van der Waals surface area contributed by atoms with Crippen molar-refractivity contribution in [1.82, 2.24) is 25.5 Å². The smallest absolute Gasteiger partial charge is 0.233 e.